The molecule has 0 aliphatic carbocycles. The molecule has 30 heavy (non-hydrogen) atoms. The number of hydrogen-bond donors (Lipinski definition) is 0. The first-order chi connectivity index (χ1) is 14.8. The van der Waals surface area contributed by atoms with E-state index in [1.54, 1.807) is 0 Å². The molecule has 0 aromatic carbocycles. The molecule has 0 rings (SSSR count). The van der Waals surface area contributed by atoms with Crippen molar-refractivity contribution in [2.24, 2.45) is 0 Å². The van der Waals surface area contributed by atoms with Gasteiger partial charge in [0.15, 0.2) is 0 Å². The molecular weight excluding hydrogens is 362 g/mol. The fourth-order valence-electron chi connectivity index (χ4n) is 3.63. The van der Waals surface area contributed by atoms with Gasteiger partial charge in [-0.3, -0.25) is 4.90 Å². The van der Waals surface area contributed by atoms with E-state index in [0.29, 0.717) is 0 Å². The molecule has 0 saturated heterocycles. The lowest BCUT2D eigenvalue weighted by Crippen LogP contribution is -2.19. The van der Waals surface area contributed by atoms with E-state index < -0.39 is 0 Å². The molecule has 0 radical (unpaired) electrons. The van der Waals surface area contributed by atoms with Crippen LogP contribution in [-0.4, -0.2) is 25.0 Å². The average Bonchev–Trinajstić information content (AvgIpc) is 2.74. The lowest BCUT2D eigenvalue weighted by molar-refractivity contribution is 0.361. The van der Waals surface area contributed by atoms with Gasteiger partial charge in [-0.05, 0) is 44.7 Å². The molecular formula is C29H49N. The summed E-state index contributed by atoms with van der Waals surface area (Å²) in [5, 5.41) is 0. The Morgan fingerprint density at radius 2 is 0.967 bits per heavy atom. The fraction of sp³-hybridized carbons (Fsp3) is 0.793. The van der Waals surface area contributed by atoms with Gasteiger partial charge < -0.3 is 0 Å². The van der Waals surface area contributed by atoms with Crippen molar-refractivity contribution in [1.29, 1.82) is 0 Å². The largest absolute Gasteiger partial charge is 0.295 e. The molecule has 0 N–H and O–H groups in total. The Labute approximate surface area is 190 Å². The van der Waals surface area contributed by atoms with Gasteiger partial charge in [-0.1, -0.05) is 115 Å². The summed E-state index contributed by atoms with van der Waals surface area (Å²) in [6.45, 7) is 4.17. The van der Waals surface area contributed by atoms with Crippen molar-refractivity contribution in [2.75, 3.05) is 20.1 Å². The molecule has 0 aromatic rings. The first-order valence-electron chi connectivity index (χ1n) is 12.9. The molecule has 0 amide bonds. The van der Waals surface area contributed by atoms with Crippen molar-refractivity contribution in [3.8, 4) is 36.0 Å². The van der Waals surface area contributed by atoms with Gasteiger partial charge >= 0.3 is 0 Å². The van der Waals surface area contributed by atoms with Crippen molar-refractivity contribution in [1.82, 2.24) is 4.90 Å². The van der Waals surface area contributed by atoms with Crippen molar-refractivity contribution in [3.63, 3.8) is 0 Å². The minimum atomic E-state index is 0.769. The maximum absolute atomic E-state index is 5.31. The topological polar surface area (TPSA) is 3.24 Å². The van der Waals surface area contributed by atoms with Crippen LogP contribution in [0.15, 0.2) is 0 Å². The minimum Gasteiger partial charge on any atom is -0.295 e. The summed E-state index contributed by atoms with van der Waals surface area (Å²) >= 11 is 0. The first-order valence-corrected chi connectivity index (χ1v) is 12.9. The van der Waals surface area contributed by atoms with Gasteiger partial charge in [-0.25, -0.2) is 0 Å². The van der Waals surface area contributed by atoms with E-state index in [-0.39, 0.29) is 0 Å². The molecule has 1 nitrogen and oxygen atoms in total. The van der Waals surface area contributed by atoms with E-state index in [1.165, 1.54) is 109 Å². The molecule has 0 bridgehead atoms. The molecule has 0 aliphatic heterocycles. The molecule has 0 atom stereocenters. The summed E-state index contributed by atoms with van der Waals surface area (Å²) in [6.07, 6.45) is 30.3. The maximum atomic E-state index is 5.31. The molecule has 0 aliphatic rings. The third kappa shape index (κ3) is 24.7. The highest BCUT2D eigenvalue weighted by Crippen LogP contribution is 2.11. The maximum Gasteiger partial charge on any atom is 0.0596 e. The zero-order chi connectivity index (χ0) is 22.0. The highest BCUT2D eigenvalue weighted by Gasteiger charge is 1.96. The van der Waals surface area contributed by atoms with E-state index >= 15 is 0 Å². The molecule has 1 heteroatoms. The molecule has 0 saturated carbocycles. The van der Waals surface area contributed by atoms with Crippen LogP contribution in [0.1, 0.15) is 129 Å². The number of terminal acetylenes is 1. The van der Waals surface area contributed by atoms with Gasteiger partial charge in [-0.2, -0.15) is 0 Å². The summed E-state index contributed by atoms with van der Waals surface area (Å²) < 4.78 is 0. The molecule has 170 valence electrons. The molecule has 0 fully saturated rings. The second-order valence-electron chi connectivity index (χ2n) is 8.70. The van der Waals surface area contributed by atoms with Crippen molar-refractivity contribution < 1.29 is 0 Å². The normalized spacial score (nSPS) is 10.2. The van der Waals surface area contributed by atoms with E-state index in [0.717, 1.165) is 25.9 Å². The zero-order valence-corrected chi connectivity index (χ0v) is 20.4. The summed E-state index contributed by atoms with van der Waals surface area (Å²) in [6, 6.07) is 0. The van der Waals surface area contributed by atoms with Crippen LogP contribution in [0.2, 0.25) is 0 Å². The Morgan fingerprint density at radius 1 is 0.567 bits per heavy atom. The second-order valence-corrected chi connectivity index (χ2v) is 8.70. The van der Waals surface area contributed by atoms with E-state index in [1.807, 2.05) is 0 Å². The van der Waals surface area contributed by atoms with Crippen LogP contribution in [0, 0.1) is 36.0 Å². The van der Waals surface area contributed by atoms with Gasteiger partial charge in [0.05, 0.1) is 6.54 Å². The van der Waals surface area contributed by atoms with Crippen molar-refractivity contribution in [2.45, 2.75) is 129 Å². The lowest BCUT2D eigenvalue weighted by Gasteiger charge is -2.12. The van der Waals surface area contributed by atoms with Crippen molar-refractivity contribution >= 4 is 0 Å². The van der Waals surface area contributed by atoms with Crippen LogP contribution in [0.3, 0.4) is 0 Å². The zero-order valence-electron chi connectivity index (χ0n) is 20.4. The quantitative estimate of drug-likeness (QED) is 0.145. The van der Waals surface area contributed by atoms with Crippen molar-refractivity contribution in [3.05, 3.63) is 0 Å². The molecule has 0 aromatic heterocycles. The fourth-order valence-corrected chi connectivity index (χ4v) is 3.63. The van der Waals surface area contributed by atoms with Crippen LogP contribution < -0.4 is 0 Å². The monoisotopic (exact) mass is 411 g/mol. The highest BCUT2D eigenvalue weighted by atomic mass is 15.1. The SMILES string of the molecule is C#CCN(C)CCCCCCCCCC#CC#CCCCCCCCCCCCC. The summed E-state index contributed by atoms with van der Waals surface area (Å²) in [5.74, 6) is 15.2. The highest BCUT2D eigenvalue weighted by molar-refractivity contribution is 5.25. The number of hydrogen-bond acceptors (Lipinski definition) is 1. The Kier molecular flexibility index (Phi) is 24.5. The lowest BCUT2D eigenvalue weighted by atomic mass is 10.1. The van der Waals surface area contributed by atoms with Crippen LogP contribution in [0.25, 0.3) is 0 Å². The Bertz CT molecular complexity index is 504. The summed E-state index contributed by atoms with van der Waals surface area (Å²) in [4.78, 5) is 2.22. The van der Waals surface area contributed by atoms with Gasteiger partial charge in [0.25, 0.3) is 0 Å². The molecule has 0 unspecified atom stereocenters. The standard InChI is InChI=1S/C29H49N/c1-4-6-7-8-9-10-11-12-13-14-15-16-17-18-19-20-21-22-23-24-25-26-27-29-30(3)28-5-2/h2H,4,6-15,20-29H2,1,3H3. The average molecular weight is 412 g/mol. The summed E-state index contributed by atoms with van der Waals surface area (Å²) in [7, 11) is 2.10. The third-order valence-corrected chi connectivity index (χ3v) is 5.60. The number of nitrogens with zero attached hydrogens (tertiary/aromatic N) is 1. The first kappa shape index (κ1) is 28.6. The van der Waals surface area contributed by atoms with Gasteiger partial charge in [0.1, 0.15) is 0 Å². The van der Waals surface area contributed by atoms with Crippen LogP contribution in [0.5, 0.6) is 0 Å². The number of rotatable bonds is 20. The Balaban J connectivity index is 3.27. The molecule has 0 heterocycles. The second kappa shape index (κ2) is 25.7. The predicted molar refractivity (Wildman–Crippen MR) is 135 cm³/mol. The van der Waals surface area contributed by atoms with Crippen LogP contribution >= 0.6 is 0 Å². The summed E-state index contributed by atoms with van der Waals surface area (Å²) in [5.41, 5.74) is 0. The van der Waals surface area contributed by atoms with E-state index in [2.05, 4.69) is 48.5 Å². The van der Waals surface area contributed by atoms with E-state index in [4.69, 9.17) is 6.42 Å². The smallest absolute Gasteiger partial charge is 0.0596 e. The minimum absolute atomic E-state index is 0.769. The Morgan fingerprint density at radius 3 is 1.40 bits per heavy atom. The Hall–Kier alpha value is -1.36. The van der Waals surface area contributed by atoms with Gasteiger partial charge in [-0.15, -0.1) is 6.42 Å². The molecule has 0 spiro atoms. The van der Waals surface area contributed by atoms with Gasteiger partial charge in [0.2, 0.25) is 0 Å². The van der Waals surface area contributed by atoms with Gasteiger partial charge in [0, 0.05) is 12.8 Å². The van der Waals surface area contributed by atoms with Crippen LogP contribution in [0.4, 0.5) is 0 Å². The van der Waals surface area contributed by atoms with Crippen LogP contribution in [-0.2, 0) is 0 Å². The number of unbranched alkanes of at least 4 members (excludes halogenated alkanes) is 17. The third-order valence-electron chi connectivity index (χ3n) is 5.60. The van der Waals surface area contributed by atoms with E-state index in [9.17, 15) is 0 Å². The predicted octanol–water partition coefficient (Wildman–Crippen LogP) is 7.99.